The smallest absolute Gasteiger partial charge is 0.354 e. The number of azide groups is 1. The summed E-state index contributed by atoms with van der Waals surface area (Å²) in [7, 11) is 0. The van der Waals surface area contributed by atoms with Gasteiger partial charge in [0.2, 0.25) is 17.8 Å². The lowest BCUT2D eigenvalue weighted by Crippen LogP contribution is -2.33. The van der Waals surface area contributed by atoms with E-state index in [1.807, 2.05) is 0 Å². The van der Waals surface area contributed by atoms with Crippen LogP contribution in [0, 0.1) is 0 Å². The fraction of sp³-hybridized carbons (Fsp3) is 0.625. The Morgan fingerprint density at radius 1 is 1.32 bits per heavy atom. The van der Waals surface area contributed by atoms with Crippen LogP contribution in [0.15, 0.2) is 5.11 Å². The monoisotopic (exact) mass is 276 g/mol. The molecule has 0 spiro atoms. The lowest BCUT2D eigenvalue weighted by atomic mass is 10.3. The van der Waals surface area contributed by atoms with Crippen molar-refractivity contribution in [2.45, 2.75) is 26.1 Å². The second-order valence-corrected chi connectivity index (χ2v) is 3.41. The molecule has 1 aromatic heterocycles. The van der Waals surface area contributed by atoms with Gasteiger partial charge in [0.25, 0.3) is 0 Å². The standard InChI is InChI=1S/C8H11F3N8/c1-3-13-5-15-6(14-4(2)8(9,10)11)17-7(16-5)18-19-12/h4H,3H2,1-2H3,(H2,13,14,15,16,17). The fourth-order valence-electron chi connectivity index (χ4n) is 1.03. The van der Waals surface area contributed by atoms with E-state index in [0.717, 1.165) is 6.92 Å². The van der Waals surface area contributed by atoms with Crippen LogP contribution in [0.3, 0.4) is 0 Å². The maximum Gasteiger partial charge on any atom is 0.408 e. The molecule has 0 amide bonds. The second kappa shape index (κ2) is 6.05. The number of nitrogens with zero attached hydrogens (tertiary/aromatic N) is 6. The summed E-state index contributed by atoms with van der Waals surface area (Å²) in [5, 5.41) is 7.90. The Bertz CT molecular complexity index is 481. The van der Waals surface area contributed by atoms with Crippen LogP contribution in [0.1, 0.15) is 13.8 Å². The minimum atomic E-state index is -4.44. The van der Waals surface area contributed by atoms with Crippen molar-refractivity contribution < 1.29 is 13.2 Å². The van der Waals surface area contributed by atoms with Gasteiger partial charge in [-0.25, -0.2) is 0 Å². The van der Waals surface area contributed by atoms with Crippen molar-refractivity contribution in [3.05, 3.63) is 10.4 Å². The predicted octanol–water partition coefficient (Wildman–Crippen LogP) is 2.61. The first-order chi connectivity index (χ1) is 8.86. The lowest BCUT2D eigenvalue weighted by Gasteiger charge is -2.17. The van der Waals surface area contributed by atoms with Crippen LogP contribution < -0.4 is 10.6 Å². The quantitative estimate of drug-likeness (QED) is 0.487. The molecule has 0 aliphatic heterocycles. The first kappa shape index (κ1) is 14.8. The van der Waals surface area contributed by atoms with Gasteiger partial charge in [0.15, 0.2) is 0 Å². The topological polar surface area (TPSA) is 111 Å². The van der Waals surface area contributed by atoms with Crippen LogP contribution in [0.5, 0.6) is 0 Å². The molecular weight excluding hydrogens is 265 g/mol. The highest BCUT2D eigenvalue weighted by Gasteiger charge is 2.36. The fourth-order valence-corrected chi connectivity index (χ4v) is 1.03. The third-order valence-electron chi connectivity index (χ3n) is 1.93. The molecule has 8 nitrogen and oxygen atoms in total. The highest BCUT2D eigenvalue weighted by Crippen LogP contribution is 2.23. The number of anilines is 2. The van der Waals surface area contributed by atoms with E-state index < -0.39 is 12.2 Å². The summed E-state index contributed by atoms with van der Waals surface area (Å²) >= 11 is 0. The van der Waals surface area contributed by atoms with Crippen molar-refractivity contribution in [2.24, 2.45) is 5.11 Å². The molecule has 0 fully saturated rings. The highest BCUT2D eigenvalue weighted by molar-refractivity contribution is 5.40. The van der Waals surface area contributed by atoms with Gasteiger partial charge >= 0.3 is 6.18 Å². The SMILES string of the molecule is CCNc1nc(N=[N+]=[N-])nc(NC(C)C(F)(F)F)n1. The molecule has 1 aromatic rings. The molecule has 1 atom stereocenters. The summed E-state index contributed by atoms with van der Waals surface area (Å²) in [5.41, 5.74) is 8.28. The molecule has 0 aliphatic carbocycles. The van der Waals surface area contributed by atoms with Crippen molar-refractivity contribution in [1.82, 2.24) is 15.0 Å². The van der Waals surface area contributed by atoms with E-state index >= 15 is 0 Å². The number of halogens is 3. The molecule has 0 aliphatic rings. The van der Waals surface area contributed by atoms with Crippen molar-refractivity contribution in [2.75, 3.05) is 17.2 Å². The molecule has 104 valence electrons. The van der Waals surface area contributed by atoms with Crippen LogP contribution in [-0.4, -0.2) is 33.7 Å². The highest BCUT2D eigenvalue weighted by atomic mass is 19.4. The number of aromatic nitrogens is 3. The number of rotatable bonds is 5. The Balaban J connectivity index is 3.02. The third kappa shape index (κ3) is 4.47. The van der Waals surface area contributed by atoms with Crippen LogP contribution in [-0.2, 0) is 0 Å². The van der Waals surface area contributed by atoms with Crippen LogP contribution in [0.25, 0.3) is 10.4 Å². The molecule has 2 N–H and O–H groups in total. The van der Waals surface area contributed by atoms with Gasteiger partial charge in [0.05, 0.1) is 0 Å². The Morgan fingerprint density at radius 2 is 1.95 bits per heavy atom. The van der Waals surface area contributed by atoms with E-state index in [1.165, 1.54) is 0 Å². The number of alkyl halides is 3. The normalized spacial score (nSPS) is 12.5. The van der Waals surface area contributed by atoms with Gasteiger partial charge in [-0.05, 0) is 24.5 Å². The number of hydrogen-bond donors (Lipinski definition) is 2. The average Bonchev–Trinajstić information content (AvgIpc) is 2.28. The zero-order chi connectivity index (χ0) is 14.5. The second-order valence-electron chi connectivity index (χ2n) is 3.41. The molecule has 0 saturated heterocycles. The van der Waals surface area contributed by atoms with E-state index in [0.29, 0.717) is 6.54 Å². The van der Waals surface area contributed by atoms with E-state index in [-0.39, 0.29) is 17.8 Å². The largest absolute Gasteiger partial charge is 0.408 e. The Kier molecular flexibility index (Phi) is 4.70. The van der Waals surface area contributed by atoms with Gasteiger partial charge in [-0.2, -0.15) is 28.1 Å². The number of hydrogen-bond acceptors (Lipinski definition) is 6. The van der Waals surface area contributed by atoms with Crippen LogP contribution in [0.4, 0.5) is 31.0 Å². The van der Waals surface area contributed by atoms with Crippen LogP contribution >= 0.6 is 0 Å². The van der Waals surface area contributed by atoms with Crippen molar-refractivity contribution in [3.63, 3.8) is 0 Å². The van der Waals surface area contributed by atoms with E-state index in [4.69, 9.17) is 5.53 Å². The Morgan fingerprint density at radius 3 is 2.47 bits per heavy atom. The number of nitrogens with one attached hydrogen (secondary N) is 2. The molecule has 0 aromatic carbocycles. The molecule has 0 bridgehead atoms. The minimum absolute atomic E-state index is 0.0248. The predicted molar refractivity (Wildman–Crippen MR) is 61.9 cm³/mol. The van der Waals surface area contributed by atoms with Gasteiger partial charge in [0.1, 0.15) is 6.04 Å². The Hall–Kier alpha value is -2.29. The summed E-state index contributed by atoms with van der Waals surface area (Å²) in [6, 6.07) is -1.84. The molecule has 1 rings (SSSR count). The van der Waals surface area contributed by atoms with E-state index in [1.54, 1.807) is 6.92 Å². The van der Waals surface area contributed by atoms with E-state index in [2.05, 4.69) is 35.6 Å². The van der Waals surface area contributed by atoms with Gasteiger partial charge in [-0.1, -0.05) is 0 Å². The molecule has 1 unspecified atom stereocenters. The summed E-state index contributed by atoms with van der Waals surface area (Å²) in [6.07, 6.45) is -4.44. The zero-order valence-electron chi connectivity index (χ0n) is 10.1. The summed E-state index contributed by atoms with van der Waals surface area (Å²) in [5.74, 6) is -0.611. The van der Waals surface area contributed by atoms with E-state index in [9.17, 15) is 13.2 Å². The molecule has 11 heteroatoms. The summed E-state index contributed by atoms with van der Waals surface area (Å²) in [4.78, 5) is 13.5. The molecule has 0 radical (unpaired) electrons. The van der Waals surface area contributed by atoms with Gasteiger partial charge < -0.3 is 10.6 Å². The third-order valence-corrected chi connectivity index (χ3v) is 1.93. The van der Waals surface area contributed by atoms with Gasteiger partial charge in [-0.3, -0.25) is 0 Å². The maximum absolute atomic E-state index is 12.4. The van der Waals surface area contributed by atoms with Crippen molar-refractivity contribution in [1.29, 1.82) is 0 Å². The van der Waals surface area contributed by atoms with Gasteiger partial charge in [-0.15, -0.1) is 0 Å². The Labute approximate surface area is 106 Å². The van der Waals surface area contributed by atoms with Crippen molar-refractivity contribution in [3.8, 4) is 0 Å². The minimum Gasteiger partial charge on any atom is -0.354 e. The molecule has 19 heavy (non-hydrogen) atoms. The average molecular weight is 276 g/mol. The lowest BCUT2D eigenvalue weighted by molar-refractivity contribution is -0.138. The molecular formula is C8H11F3N8. The molecule has 0 saturated carbocycles. The summed E-state index contributed by atoms with van der Waals surface area (Å²) in [6.45, 7) is 3.13. The first-order valence-corrected chi connectivity index (χ1v) is 5.25. The maximum atomic E-state index is 12.4. The van der Waals surface area contributed by atoms with Crippen molar-refractivity contribution >= 4 is 17.8 Å². The van der Waals surface area contributed by atoms with Gasteiger partial charge in [0, 0.05) is 11.5 Å². The first-order valence-electron chi connectivity index (χ1n) is 5.25. The summed E-state index contributed by atoms with van der Waals surface area (Å²) < 4.78 is 37.2. The molecule has 1 heterocycles. The van der Waals surface area contributed by atoms with Crippen LogP contribution in [0.2, 0.25) is 0 Å². The zero-order valence-corrected chi connectivity index (χ0v) is 10.1.